The van der Waals surface area contributed by atoms with Crippen molar-refractivity contribution in [1.29, 1.82) is 0 Å². The summed E-state index contributed by atoms with van der Waals surface area (Å²) in [4.78, 5) is 2.35. The van der Waals surface area contributed by atoms with Gasteiger partial charge in [0.25, 0.3) is 0 Å². The van der Waals surface area contributed by atoms with Crippen LogP contribution in [0.3, 0.4) is 0 Å². The first-order chi connectivity index (χ1) is 12.1. The zero-order valence-corrected chi connectivity index (χ0v) is 15.3. The Balaban J connectivity index is 1.59. The Morgan fingerprint density at radius 3 is 2.28 bits per heavy atom. The number of nitrogens with one attached hydrogen (secondary N) is 1. The van der Waals surface area contributed by atoms with Crippen LogP contribution < -0.4 is 5.32 Å². The van der Waals surface area contributed by atoms with Gasteiger partial charge in [0.2, 0.25) is 0 Å². The molecule has 3 nitrogen and oxygen atoms in total. The first kappa shape index (κ1) is 18.1. The average Bonchev–Trinajstić information content (AvgIpc) is 2.62. The number of rotatable bonds is 6. The summed E-state index contributed by atoms with van der Waals surface area (Å²) in [5.41, 5.74) is 2.61. The molecule has 2 aromatic rings. The number of hydrogen-bond donors (Lipinski definition) is 2. The highest BCUT2D eigenvalue weighted by molar-refractivity contribution is 5.20. The Morgan fingerprint density at radius 2 is 1.68 bits per heavy atom. The lowest BCUT2D eigenvalue weighted by atomic mass is 9.92. The summed E-state index contributed by atoms with van der Waals surface area (Å²) in [5, 5.41) is 14.4. The second kappa shape index (κ2) is 8.61. The van der Waals surface area contributed by atoms with Crippen molar-refractivity contribution in [3.63, 3.8) is 0 Å². The van der Waals surface area contributed by atoms with Gasteiger partial charge in [-0.2, -0.15) is 0 Å². The van der Waals surface area contributed by atoms with Gasteiger partial charge in [-0.1, -0.05) is 74.5 Å². The molecule has 0 radical (unpaired) electrons. The molecule has 134 valence electrons. The molecule has 1 saturated heterocycles. The second-order valence-electron chi connectivity index (χ2n) is 7.48. The highest BCUT2D eigenvalue weighted by atomic mass is 16.3. The molecule has 0 amide bonds. The van der Waals surface area contributed by atoms with Crippen molar-refractivity contribution < 1.29 is 5.11 Å². The van der Waals surface area contributed by atoms with Crippen LogP contribution in [0, 0.1) is 5.92 Å². The third-order valence-corrected chi connectivity index (χ3v) is 5.13. The summed E-state index contributed by atoms with van der Waals surface area (Å²) in [6.45, 7) is 7.13. The Bertz CT molecular complexity index is 629. The van der Waals surface area contributed by atoms with E-state index in [1.54, 1.807) is 0 Å². The molecule has 3 unspecified atom stereocenters. The van der Waals surface area contributed by atoms with Crippen molar-refractivity contribution in [2.75, 3.05) is 13.1 Å². The topological polar surface area (TPSA) is 35.5 Å². The van der Waals surface area contributed by atoms with E-state index in [9.17, 15) is 5.11 Å². The van der Waals surface area contributed by atoms with Crippen molar-refractivity contribution in [1.82, 2.24) is 10.2 Å². The van der Waals surface area contributed by atoms with Gasteiger partial charge in [0, 0.05) is 31.7 Å². The van der Waals surface area contributed by atoms with E-state index >= 15 is 0 Å². The van der Waals surface area contributed by atoms with Gasteiger partial charge in [-0.15, -0.1) is 0 Å². The molecule has 0 saturated carbocycles. The number of hydrogen-bond acceptors (Lipinski definition) is 3. The molecule has 3 heteroatoms. The van der Waals surface area contributed by atoms with Crippen LogP contribution in [0.4, 0.5) is 0 Å². The van der Waals surface area contributed by atoms with E-state index in [4.69, 9.17) is 0 Å². The zero-order valence-electron chi connectivity index (χ0n) is 15.3. The number of nitrogens with zero attached hydrogens (tertiary/aromatic N) is 1. The molecule has 3 rings (SSSR count). The van der Waals surface area contributed by atoms with Crippen LogP contribution in [0.1, 0.15) is 37.4 Å². The lowest BCUT2D eigenvalue weighted by molar-refractivity contribution is 0.0305. The van der Waals surface area contributed by atoms with Crippen LogP contribution in [0.5, 0.6) is 0 Å². The number of aliphatic hydroxyl groups is 1. The molecular weight excluding hydrogens is 308 g/mol. The Hall–Kier alpha value is -1.68. The van der Waals surface area contributed by atoms with E-state index in [0.717, 1.165) is 26.1 Å². The first-order valence-electron chi connectivity index (χ1n) is 9.39. The molecule has 1 fully saturated rings. The average molecular weight is 338 g/mol. The fourth-order valence-corrected chi connectivity index (χ4v) is 3.74. The summed E-state index contributed by atoms with van der Waals surface area (Å²) < 4.78 is 0. The standard InChI is InChI=1S/C22H30N2O/c1-17(2)22(19-11-7-4-8-12-19)23-20-13-14-24(16-21(20)25)15-18-9-5-3-6-10-18/h3-12,17,20-23,25H,13-16H2,1-2H3. The van der Waals surface area contributed by atoms with Crippen LogP contribution in [0.2, 0.25) is 0 Å². The fraction of sp³-hybridized carbons (Fsp3) is 0.455. The maximum Gasteiger partial charge on any atom is 0.0820 e. The van der Waals surface area contributed by atoms with Gasteiger partial charge in [0.15, 0.2) is 0 Å². The maximum atomic E-state index is 10.7. The highest BCUT2D eigenvalue weighted by Crippen LogP contribution is 2.24. The minimum Gasteiger partial charge on any atom is -0.390 e. The molecule has 3 atom stereocenters. The second-order valence-corrected chi connectivity index (χ2v) is 7.48. The van der Waals surface area contributed by atoms with E-state index in [1.807, 2.05) is 6.07 Å². The third-order valence-electron chi connectivity index (χ3n) is 5.13. The van der Waals surface area contributed by atoms with Crippen LogP contribution in [0.15, 0.2) is 60.7 Å². The van der Waals surface area contributed by atoms with E-state index in [-0.39, 0.29) is 18.2 Å². The monoisotopic (exact) mass is 338 g/mol. The highest BCUT2D eigenvalue weighted by Gasteiger charge is 2.30. The van der Waals surface area contributed by atoms with Gasteiger partial charge in [-0.3, -0.25) is 4.90 Å². The zero-order chi connectivity index (χ0) is 17.6. The largest absolute Gasteiger partial charge is 0.390 e. The first-order valence-corrected chi connectivity index (χ1v) is 9.39. The lowest BCUT2D eigenvalue weighted by Gasteiger charge is -2.39. The Kier molecular flexibility index (Phi) is 6.24. The molecule has 1 aliphatic rings. The van der Waals surface area contributed by atoms with Crippen molar-refractivity contribution in [2.45, 2.75) is 45.0 Å². The van der Waals surface area contributed by atoms with Crippen molar-refractivity contribution in [3.05, 3.63) is 71.8 Å². The minimum atomic E-state index is -0.331. The summed E-state index contributed by atoms with van der Waals surface area (Å²) >= 11 is 0. The van der Waals surface area contributed by atoms with Crippen LogP contribution in [-0.4, -0.2) is 35.2 Å². The van der Waals surface area contributed by atoms with E-state index in [0.29, 0.717) is 5.92 Å². The van der Waals surface area contributed by atoms with Crippen LogP contribution >= 0.6 is 0 Å². The number of benzene rings is 2. The number of likely N-dealkylation sites (tertiary alicyclic amines) is 1. The van der Waals surface area contributed by atoms with Crippen molar-refractivity contribution in [3.8, 4) is 0 Å². The van der Waals surface area contributed by atoms with Gasteiger partial charge in [0.1, 0.15) is 0 Å². The SMILES string of the molecule is CC(C)C(NC1CCN(Cc2ccccc2)CC1O)c1ccccc1. The molecule has 1 heterocycles. The maximum absolute atomic E-state index is 10.7. The van der Waals surface area contributed by atoms with Crippen LogP contribution in [-0.2, 0) is 6.54 Å². The fourth-order valence-electron chi connectivity index (χ4n) is 3.74. The van der Waals surface area contributed by atoms with Crippen molar-refractivity contribution >= 4 is 0 Å². The number of aliphatic hydroxyl groups excluding tert-OH is 1. The molecule has 0 bridgehead atoms. The van der Waals surface area contributed by atoms with Crippen molar-refractivity contribution in [2.24, 2.45) is 5.92 Å². The van der Waals surface area contributed by atoms with Gasteiger partial charge in [-0.25, -0.2) is 0 Å². The Labute approximate surface area is 151 Å². The molecule has 2 aromatic carbocycles. The third kappa shape index (κ3) is 4.91. The lowest BCUT2D eigenvalue weighted by Crippen LogP contribution is -2.53. The molecule has 25 heavy (non-hydrogen) atoms. The van der Waals surface area contributed by atoms with Crippen LogP contribution in [0.25, 0.3) is 0 Å². The quantitative estimate of drug-likeness (QED) is 0.845. The molecule has 1 aliphatic heterocycles. The number of piperidine rings is 1. The summed E-state index contributed by atoms with van der Waals surface area (Å²) in [6.07, 6.45) is 0.645. The van der Waals surface area contributed by atoms with Gasteiger partial charge in [-0.05, 0) is 23.5 Å². The summed E-state index contributed by atoms with van der Waals surface area (Å²) in [5.74, 6) is 0.483. The van der Waals surface area contributed by atoms with Gasteiger partial charge >= 0.3 is 0 Å². The Morgan fingerprint density at radius 1 is 1.04 bits per heavy atom. The van der Waals surface area contributed by atoms with E-state index < -0.39 is 0 Å². The molecule has 0 aliphatic carbocycles. The van der Waals surface area contributed by atoms with Gasteiger partial charge in [0.05, 0.1) is 6.10 Å². The molecule has 0 aromatic heterocycles. The summed E-state index contributed by atoms with van der Waals surface area (Å²) in [7, 11) is 0. The smallest absolute Gasteiger partial charge is 0.0820 e. The normalized spacial score (nSPS) is 22.9. The molecule has 0 spiro atoms. The number of β-amino-alcohol motifs (C(OH)–C–C–N with tert-alkyl or cyclic N) is 1. The molecule has 2 N–H and O–H groups in total. The van der Waals surface area contributed by atoms with Gasteiger partial charge < -0.3 is 10.4 Å². The molecular formula is C22H30N2O. The minimum absolute atomic E-state index is 0.152. The van der Waals surface area contributed by atoms with E-state index in [1.165, 1.54) is 11.1 Å². The summed E-state index contributed by atoms with van der Waals surface area (Å²) in [6, 6.07) is 21.5. The van der Waals surface area contributed by atoms with E-state index in [2.05, 4.69) is 78.7 Å². The predicted molar refractivity (Wildman–Crippen MR) is 103 cm³/mol. The predicted octanol–water partition coefficient (Wildman–Crippen LogP) is 3.61.